The number of thioether (sulfide) groups is 1. The van der Waals surface area contributed by atoms with Crippen molar-refractivity contribution in [1.29, 1.82) is 0 Å². The number of nitrogens with one attached hydrogen (secondary N) is 2. The van der Waals surface area contributed by atoms with Crippen LogP contribution in [-0.2, 0) is 16.0 Å². The largest absolute Gasteiger partial charge is 0.443 e. The minimum atomic E-state index is -0.677. The van der Waals surface area contributed by atoms with Crippen molar-refractivity contribution in [1.82, 2.24) is 15.8 Å². The summed E-state index contributed by atoms with van der Waals surface area (Å²) in [6.07, 6.45) is 4.60. The van der Waals surface area contributed by atoms with E-state index in [1.54, 1.807) is 50.7 Å². The van der Waals surface area contributed by atoms with Crippen LogP contribution in [0.3, 0.4) is 0 Å². The van der Waals surface area contributed by atoms with Crippen molar-refractivity contribution < 1.29 is 19.1 Å². The highest BCUT2D eigenvalue weighted by atomic mass is 32.2. The standard InChI is InChI=1S/C21H29N3O4S/c1-6-14-7-9-15(10-8-14)18(25)22-23-19(26)17-12-11-16(29-5)13-24(17)20(27)28-21(2,3)4/h7-10,12,16H,6,11,13H2,1-5H3,(H,22,25)(H,23,26). The molecule has 1 aliphatic heterocycles. The van der Waals surface area contributed by atoms with Crippen molar-refractivity contribution in [3.63, 3.8) is 0 Å². The predicted molar refractivity (Wildman–Crippen MR) is 114 cm³/mol. The van der Waals surface area contributed by atoms with Crippen molar-refractivity contribution in [2.45, 2.75) is 51.4 Å². The Balaban J connectivity index is 2.06. The number of carbonyl (C=O) groups excluding carboxylic acids is 3. The van der Waals surface area contributed by atoms with Crippen LogP contribution in [0.2, 0.25) is 0 Å². The van der Waals surface area contributed by atoms with E-state index in [1.165, 1.54) is 4.90 Å². The number of ether oxygens (including phenoxy) is 1. The Labute approximate surface area is 176 Å². The Morgan fingerprint density at radius 2 is 1.76 bits per heavy atom. The minimum Gasteiger partial charge on any atom is -0.443 e. The highest BCUT2D eigenvalue weighted by Gasteiger charge is 2.33. The Morgan fingerprint density at radius 3 is 2.31 bits per heavy atom. The monoisotopic (exact) mass is 419 g/mol. The van der Waals surface area contributed by atoms with Gasteiger partial charge in [-0.25, -0.2) is 4.79 Å². The molecule has 3 amide bonds. The van der Waals surface area contributed by atoms with Gasteiger partial charge in [-0.05, 0) is 57.6 Å². The van der Waals surface area contributed by atoms with Crippen LogP contribution < -0.4 is 10.9 Å². The van der Waals surface area contributed by atoms with Crippen molar-refractivity contribution in [2.24, 2.45) is 0 Å². The van der Waals surface area contributed by atoms with Crippen LogP contribution in [0.5, 0.6) is 0 Å². The van der Waals surface area contributed by atoms with Crippen LogP contribution in [-0.4, -0.2) is 46.5 Å². The fraction of sp³-hybridized carbons (Fsp3) is 0.476. The molecule has 1 unspecified atom stereocenters. The lowest BCUT2D eigenvalue weighted by molar-refractivity contribution is -0.120. The maximum absolute atomic E-state index is 12.7. The first-order chi connectivity index (χ1) is 13.6. The van der Waals surface area contributed by atoms with Crippen molar-refractivity contribution >= 4 is 29.7 Å². The normalized spacial score (nSPS) is 16.7. The van der Waals surface area contributed by atoms with E-state index in [0.717, 1.165) is 12.0 Å². The third-order valence-electron chi connectivity index (χ3n) is 4.34. The summed E-state index contributed by atoms with van der Waals surface area (Å²) in [5.74, 6) is -0.989. The van der Waals surface area contributed by atoms with Gasteiger partial charge in [-0.15, -0.1) is 0 Å². The zero-order valence-corrected chi connectivity index (χ0v) is 18.4. The van der Waals surface area contributed by atoms with Gasteiger partial charge >= 0.3 is 6.09 Å². The van der Waals surface area contributed by atoms with Crippen LogP contribution in [0.4, 0.5) is 4.79 Å². The van der Waals surface area contributed by atoms with E-state index in [2.05, 4.69) is 10.9 Å². The molecule has 8 heteroatoms. The molecule has 0 bridgehead atoms. The number of allylic oxidation sites excluding steroid dienone is 1. The highest BCUT2D eigenvalue weighted by molar-refractivity contribution is 7.99. The van der Waals surface area contributed by atoms with E-state index >= 15 is 0 Å². The molecule has 2 rings (SSSR count). The van der Waals surface area contributed by atoms with E-state index < -0.39 is 23.5 Å². The smallest absolute Gasteiger partial charge is 0.415 e. The van der Waals surface area contributed by atoms with E-state index in [1.807, 2.05) is 25.3 Å². The molecule has 0 radical (unpaired) electrons. The van der Waals surface area contributed by atoms with Crippen LogP contribution >= 0.6 is 11.8 Å². The second kappa shape index (κ2) is 9.82. The van der Waals surface area contributed by atoms with Gasteiger partial charge in [-0.1, -0.05) is 25.1 Å². The molecule has 0 aliphatic carbocycles. The number of aryl methyl sites for hydroxylation is 1. The Morgan fingerprint density at radius 1 is 1.14 bits per heavy atom. The SMILES string of the molecule is CCc1ccc(C(=O)NNC(=O)C2=CCC(SC)CN2C(=O)OC(C)(C)C)cc1. The van der Waals surface area contributed by atoms with Crippen molar-refractivity contribution in [2.75, 3.05) is 12.8 Å². The minimum absolute atomic E-state index is 0.172. The van der Waals surface area contributed by atoms with Gasteiger partial charge in [-0.3, -0.25) is 25.3 Å². The molecular formula is C21H29N3O4S. The fourth-order valence-electron chi connectivity index (χ4n) is 2.75. The lowest BCUT2D eigenvalue weighted by Crippen LogP contribution is -2.49. The molecule has 0 aromatic heterocycles. The number of hydrogen-bond acceptors (Lipinski definition) is 5. The third kappa shape index (κ3) is 6.52. The summed E-state index contributed by atoms with van der Waals surface area (Å²) in [4.78, 5) is 38.9. The van der Waals surface area contributed by atoms with Gasteiger partial charge in [0.1, 0.15) is 11.3 Å². The molecule has 0 saturated carbocycles. The van der Waals surface area contributed by atoms with Gasteiger partial charge in [0.15, 0.2) is 0 Å². The third-order valence-corrected chi connectivity index (χ3v) is 5.35. The van der Waals surface area contributed by atoms with Crippen molar-refractivity contribution in [3.05, 3.63) is 47.2 Å². The van der Waals surface area contributed by atoms with Crippen LogP contribution in [0.25, 0.3) is 0 Å². The molecule has 0 fully saturated rings. The molecule has 7 nitrogen and oxygen atoms in total. The predicted octanol–water partition coefficient (Wildman–Crippen LogP) is 3.27. The number of nitrogens with zero attached hydrogens (tertiary/aromatic N) is 1. The molecule has 29 heavy (non-hydrogen) atoms. The molecule has 1 atom stereocenters. The zero-order valence-electron chi connectivity index (χ0n) is 17.6. The molecule has 0 spiro atoms. The van der Waals surface area contributed by atoms with Gasteiger partial charge in [0.05, 0.1) is 0 Å². The summed E-state index contributed by atoms with van der Waals surface area (Å²) < 4.78 is 5.44. The maximum atomic E-state index is 12.7. The lowest BCUT2D eigenvalue weighted by Gasteiger charge is -2.33. The quantitative estimate of drug-likeness (QED) is 0.732. The summed E-state index contributed by atoms with van der Waals surface area (Å²) in [6, 6.07) is 7.15. The fourth-order valence-corrected chi connectivity index (χ4v) is 3.33. The maximum Gasteiger partial charge on any atom is 0.415 e. The Kier molecular flexibility index (Phi) is 7.73. The average molecular weight is 420 g/mol. The second-order valence-corrected chi connectivity index (χ2v) is 8.87. The topological polar surface area (TPSA) is 87.7 Å². The molecule has 1 heterocycles. The second-order valence-electron chi connectivity index (χ2n) is 7.73. The zero-order chi connectivity index (χ0) is 21.6. The molecule has 2 N–H and O–H groups in total. The van der Waals surface area contributed by atoms with Crippen molar-refractivity contribution in [3.8, 4) is 0 Å². The van der Waals surface area contributed by atoms with E-state index in [9.17, 15) is 14.4 Å². The van der Waals surface area contributed by atoms with Gasteiger partial charge in [0.25, 0.3) is 11.8 Å². The van der Waals surface area contributed by atoms with Crippen LogP contribution in [0.15, 0.2) is 36.0 Å². The molecule has 158 valence electrons. The summed E-state index contributed by atoms with van der Waals surface area (Å²) >= 11 is 1.62. The molecule has 1 aliphatic rings. The summed E-state index contributed by atoms with van der Waals surface area (Å²) in [6.45, 7) is 7.71. The van der Waals surface area contributed by atoms with Crippen LogP contribution in [0.1, 0.15) is 50.0 Å². The van der Waals surface area contributed by atoms with E-state index in [0.29, 0.717) is 18.5 Å². The van der Waals surface area contributed by atoms with E-state index in [4.69, 9.17) is 4.74 Å². The number of hydrogen-bond donors (Lipinski definition) is 2. The lowest BCUT2D eigenvalue weighted by atomic mass is 10.1. The van der Waals surface area contributed by atoms with Crippen LogP contribution in [0, 0.1) is 0 Å². The first-order valence-electron chi connectivity index (χ1n) is 9.57. The van der Waals surface area contributed by atoms with Gasteiger partial charge < -0.3 is 4.74 Å². The summed E-state index contributed by atoms with van der Waals surface area (Å²) in [5.41, 5.74) is 5.85. The summed E-state index contributed by atoms with van der Waals surface area (Å²) in [7, 11) is 0. The Hall–Kier alpha value is -2.48. The van der Waals surface area contributed by atoms with E-state index in [-0.39, 0.29) is 10.9 Å². The van der Waals surface area contributed by atoms with Gasteiger partial charge in [-0.2, -0.15) is 11.8 Å². The van der Waals surface area contributed by atoms with Gasteiger partial charge in [0, 0.05) is 17.4 Å². The first-order valence-corrected chi connectivity index (χ1v) is 10.9. The molecular weight excluding hydrogens is 390 g/mol. The number of carbonyl (C=O) groups is 3. The number of amides is 3. The summed E-state index contributed by atoms with van der Waals surface area (Å²) in [5, 5.41) is 0.172. The molecule has 0 saturated heterocycles. The average Bonchev–Trinajstić information content (AvgIpc) is 2.70. The number of hydrazine groups is 1. The number of rotatable bonds is 4. The highest BCUT2D eigenvalue weighted by Crippen LogP contribution is 2.25. The van der Waals surface area contributed by atoms with Gasteiger partial charge in [0.2, 0.25) is 0 Å². The Bertz CT molecular complexity index is 784. The first kappa shape index (κ1) is 22.8. The number of benzene rings is 1. The molecule has 1 aromatic rings. The molecule has 1 aromatic carbocycles.